The van der Waals surface area contributed by atoms with Crippen LogP contribution in [0.1, 0.15) is 45.1 Å². The molecule has 140 valence electrons. The van der Waals surface area contributed by atoms with Gasteiger partial charge in [0.25, 0.3) is 0 Å². The Morgan fingerprint density at radius 3 is 2.81 bits per heavy atom. The number of hydrogen-bond acceptors (Lipinski definition) is 6. The summed E-state index contributed by atoms with van der Waals surface area (Å²) in [6.07, 6.45) is 3.82. The molecule has 1 atom stereocenters. The second-order valence-corrected chi connectivity index (χ2v) is 8.21. The number of hydrogen-bond donors (Lipinski definition) is 0. The average molecular weight is 375 g/mol. The minimum Gasteiger partial charge on any atom is -0.441 e. The maximum absolute atomic E-state index is 12.3. The molecule has 2 fully saturated rings. The van der Waals surface area contributed by atoms with Gasteiger partial charge in [-0.1, -0.05) is 19.4 Å². The van der Waals surface area contributed by atoms with E-state index >= 15 is 0 Å². The molecule has 0 N–H and O–H groups in total. The molecule has 6 nitrogen and oxygen atoms in total. The van der Waals surface area contributed by atoms with Crippen LogP contribution in [0.25, 0.3) is 11.0 Å². The fourth-order valence-electron chi connectivity index (χ4n) is 4.12. The maximum Gasteiger partial charge on any atom is 0.410 e. The van der Waals surface area contributed by atoms with E-state index in [0.717, 1.165) is 62.9 Å². The Morgan fingerprint density at radius 1 is 1.27 bits per heavy atom. The molecule has 1 spiro atoms. The molecular weight excluding hydrogens is 348 g/mol. The van der Waals surface area contributed by atoms with E-state index < -0.39 is 0 Å². The predicted molar refractivity (Wildman–Crippen MR) is 102 cm³/mol. The van der Waals surface area contributed by atoms with Crippen LogP contribution in [0.2, 0.25) is 0 Å². The van der Waals surface area contributed by atoms with Crippen LogP contribution < -0.4 is 0 Å². The number of aromatic nitrogens is 2. The monoisotopic (exact) mass is 374 g/mol. The third kappa shape index (κ3) is 3.42. The Kier molecular flexibility index (Phi) is 4.84. The van der Waals surface area contributed by atoms with Crippen molar-refractivity contribution < 1.29 is 9.53 Å². The van der Waals surface area contributed by atoms with Crippen LogP contribution in [-0.2, 0) is 11.3 Å². The van der Waals surface area contributed by atoms with Gasteiger partial charge in [0, 0.05) is 38.5 Å². The molecule has 2 aliphatic heterocycles. The minimum absolute atomic E-state index is 0.124. The van der Waals surface area contributed by atoms with Crippen molar-refractivity contribution in [3.63, 3.8) is 0 Å². The Morgan fingerprint density at radius 2 is 2.04 bits per heavy atom. The van der Waals surface area contributed by atoms with Crippen LogP contribution in [-0.4, -0.2) is 55.9 Å². The summed E-state index contributed by atoms with van der Waals surface area (Å²) in [5, 5.41) is 0. The standard InChI is InChI=1S/C19H26N4O2S/c1-3-4-14(2)23-13-19(25-18(23)24)7-9-22(10-8-19)12-15-5-6-16-17(11-15)21-26-20-16/h5-6,11,14H,3-4,7-10,12-13H2,1-2H3. The lowest BCUT2D eigenvalue weighted by atomic mass is 9.90. The molecule has 26 heavy (non-hydrogen) atoms. The largest absolute Gasteiger partial charge is 0.441 e. The SMILES string of the molecule is CCCC(C)N1CC2(CCN(Cc3ccc4nsnc4c3)CC2)OC1=O. The van der Waals surface area contributed by atoms with Crippen molar-refractivity contribution in [3.05, 3.63) is 23.8 Å². The van der Waals surface area contributed by atoms with E-state index in [1.165, 1.54) is 17.3 Å². The van der Waals surface area contributed by atoms with Gasteiger partial charge in [0.15, 0.2) is 0 Å². The van der Waals surface area contributed by atoms with Gasteiger partial charge < -0.3 is 9.64 Å². The Hall–Kier alpha value is -1.73. The highest BCUT2D eigenvalue weighted by Gasteiger charge is 2.47. The molecule has 0 saturated carbocycles. The summed E-state index contributed by atoms with van der Waals surface area (Å²) in [4.78, 5) is 16.7. The van der Waals surface area contributed by atoms with E-state index in [0.29, 0.717) is 0 Å². The average Bonchev–Trinajstić information content (AvgIpc) is 3.21. The number of carbonyl (C=O) groups is 1. The smallest absolute Gasteiger partial charge is 0.410 e. The van der Waals surface area contributed by atoms with Gasteiger partial charge in [0.05, 0.1) is 18.3 Å². The molecule has 2 aliphatic rings. The van der Waals surface area contributed by atoms with Crippen molar-refractivity contribution in [3.8, 4) is 0 Å². The number of benzene rings is 1. The van der Waals surface area contributed by atoms with E-state index in [9.17, 15) is 4.79 Å². The fourth-order valence-corrected chi connectivity index (χ4v) is 4.64. The molecule has 1 aromatic carbocycles. The summed E-state index contributed by atoms with van der Waals surface area (Å²) in [6, 6.07) is 6.58. The highest BCUT2D eigenvalue weighted by atomic mass is 32.1. The molecule has 1 aromatic heterocycles. The van der Waals surface area contributed by atoms with Crippen LogP contribution in [0.3, 0.4) is 0 Å². The minimum atomic E-state index is -0.279. The zero-order valence-corrected chi connectivity index (χ0v) is 16.3. The molecule has 4 rings (SSSR count). The van der Waals surface area contributed by atoms with E-state index in [1.54, 1.807) is 0 Å². The predicted octanol–water partition coefficient (Wildman–Crippen LogP) is 3.67. The summed E-state index contributed by atoms with van der Waals surface area (Å²) in [6.45, 7) is 7.85. The van der Waals surface area contributed by atoms with E-state index in [1.807, 2.05) is 11.0 Å². The number of nitrogens with zero attached hydrogens (tertiary/aromatic N) is 4. The van der Waals surface area contributed by atoms with Gasteiger partial charge in [-0.2, -0.15) is 8.75 Å². The highest BCUT2D eigenvalue weighted by Crippen LogP contribution is 2.35. The Bertz CT molecular complexity index is 785. The number of piperidine rings is 1. The number of fused-ring (bicyclic) bond motifs is 1. The molecule has 2 saturated heterocycles. The second kappa shape index (κ2) is 7.12. The van der Waals surface area contributed by atoms with Gasteiger partial charge in [0.2, 0.25) is 0 Å². The molecule has 0 bridgehead atoms. The van der Waals surface area contributed by atoms with Crippen molar-refractivity contribution in [1.82, 2.24) is 18.5 Å². The van der Waals surface area contributed by atoms with Gasteiger partial charge in [-0.3, -0.25) is 4.90 Å². The number of likely N-dealkylation sites (tertiary alicyclic amines) is 1. The molecule has 0 aliphatic carbocycles. The third-order valence-electron chi connectivity index (χ3n) is 5.73. The van der Waals surface area contributed by atoms with Crippen molar-refractivity contribution in [2.24, 2.45) is 0 Å². The normalized spacial score (nSPS) is 21.5. The molecular formula is C19H26N4O2S. The Balaban J connectivity index is 1.36. The topological polar surface area (TPSA) is 58.6 Å². The first kappa shape index (κ1) is 17.7. The zero-order chi connectivity index (χ0) is 18.1. The maximum atomic E-state index is 12.3. The fraction of sp³-hybridized carbons (Fsp3) is 0.632. The van der Waals surface area contributed by atoms with Crippen molar-refractivity contribution in [2.45, 2.75) is 57.7 Å². The first-order valence-electron chi connectivity index (χ1n) is 9.52. The molecule has 1 unspecified atom stereocenters. The summed E-state index contributed by atoms with van der Waals surface area (Å²) < 4.78 is 14.4. The number of rotatable bonds is 5. The summed E-state index contributed by atoms with van der Waals surface area (Å²) in [5.74, 6) is 0. The zero-order valence-electron chi connectivity index (χ0n) is 15.5. The number of carbonyl (C=O) groups excluding carboxylic acids is 1. The summed E-state index contributed by atoms with van der Waals surface area (Å²) in [5.41, 5.74) is 2.93. The van der Waals surface area contributed by atoms with Crippen LogP contribution in [0.15, 0.2) is 18.2 Å². The Labute approximate surface area is 158 Å². The highest BCUT2D eigenvalue weighted by molar-refractivity contribution is 7.00. The van der Waals surface area contributed by atoms with Gasteiger partial charge in [-0.25, -0.2) is 4.79 Å². The van der Waals surface area contributed by atoms with Gasteiger partial charge in [0.1, 0.15) is 16.6 Å². The van der Waals surface area contributed by atoms with Gasteiger partial charge in [-0.05, 0) is 31.0 Å². The first-order valence-corrected chi connectivity index (χ1v) is 10.2. The molecule has 2 aromatic rings. The van der Waals surface area contributed by atoms with E-state index in [2.05, 4.69) is 39.6 Å². The number of ether oxygens (including phenoxy) is 1. The second-order valence-electron chi connectivity index (χ2n) is 7.68. The number of amides is 1. The lowest BCUT2D eigenvalue weighted by molar-refractivity contribution is -0.00131. The molecule has 7 heteroatoms. The first-order chi connectivity index (χ1) is 12.6. The van der Waals surface area contributed by atoms with E-state index in [4.69, 9.17) is 4.74 Å². The third-order valence-corrected chi connectivity index (χ3v) is 6.28. The van der Waals surface area contributed by atoms with Crippen molar-refractivity contribution >= 4 is 28.9 Å². The molecule has 1 amide bonds. The van der Waals surface area contributed by atoms with Crippen molar-refractivity contribution in [2.75, 3.05) is 19.6 Å². The molecule has 0 radical (unpaired) electrons. The van der Waals surface area contributed by atoms with Gasteiger partial charge >= 0.3 is 6.09 Å². The lowest BCUT2D eigenvalue weighted by Gasteiger charge is -2.37. The van der Waals surface area contributed by atoms with Crippen LogP contribution in [0.4, 0.5) is 4.79 Å². The summed E-state index contributed by atoms with van der Waals surface area (Å²) in [7, 11) is 0. The van der Waals surface area contributed by atoms with Gasteiger partial charge in [-0.15, -0.1) is 0 Å². The van der Waals surface area contributed by atoms with Crippen LogP contribution in [0, 0.1) is 0 Å². The quantitative estimate of drug-likeness (QED) is 0.799. The van der Waals surface area contributed by atoms with Crippen LogP contribution >= 0.6 is 11.7 Å². The van der Waals surface area contributed by atoms with Crippen molar-refractivity contribution in [1.29, 1.82) is 0 Å². The van der Waals surface area contributed by atoms with E-state index in [-0.39, 0.29) is 17.7 Å². The van der Waals surface area contributed by atoms with Crippen LogP contribution in [0.5, 0.6) is 0 Å². The molecule has 3 heterocycles. The lowest BCUT2D eigenvalue weighted by Crippen LogP contribution is -2.47. The summed E-state index contributed by atoms with van der Waals surface area (Å²) >= 11 is 1.26.